The number of hydrogen-bond donors (Lipinski definition) is 1. The molecule has 2 rings (SSSR count). The monoisotopic (exact) mass is 334 g/mol. The Kier molecular flexibility index (Phi) is 6.56. The highest BCUT2D eigenvalue weighted by Crippen LogP contribution is 2.18. The lowest BCUT2D eigenvalue weighted by molar-refractivity contribution is -0.141. The molecule has 1 aromatic carbocycles. The van der Waals surface area contributed by atoms with Crippen LogP contribution < -0.4 is 10.1 Å². The fraction of sp³-hybridized carbons (Fsp3) is 0.533. The van der Waals surface area contributed by atoms with Gasteiger partial charge in [-0.25, -0.2) is 8.78 Å². The summed E-state index contributed by atoms with van der Waals surface area (Å²) in [4.78, 5) is 14.2. The minimum atomic E-state index is -0.990. The Morgan fingerprint density at radius 3 is 2.68 bits per heavy atom. The Balaban J connectivity index is 0.00000242. The Labute approximate surface area is 135 Å². The maximum absolute atomic E-state index is 13.1. The molecule has 3 atom stereocenters. The van der Waals surface area contributed by atoms with Crippen molar-refractivity contribution in [3.05, 3.63) is 29.8 Å². The second-order valence-electron chi connectivity index (χ2n) is 5.35. The molecule has 0 saturated carbocycles. The molecular weight excluding hydrogens is 314 g/mol. The third-order valence-corrected chi connectivity index (χ3v) is 3.87. The number of carbonyl (C=O) groups excluding carboxylic acids is 1. The van der Waals surface area contributed by atoms with Crippen molar-refractivity contribution in [1.82, 2.24) is 10.2 Å². The lowest BCUT2D eigenvalue weighted by Gasteiger charge is -2.39. The quantitative estimate of drug-likeness (QED) is 0.922. The van der Waals surface area contributed by atoms with Gasteiger partial charge >= 0.3 is 0 Å². The average Bonchev–Trinajstić information content (AvgIpc) is 2.45. The smallest absolute Gasteiger partial charge is 0.263 e. The third kappa shape index (κ3) is 4.08. The molecule has 1 heterocycles. The van der Waals surface area contributed by atoms with Crippen molar-refractivity contribution in [1.29, 1.82) is 0 Å². The molecule has 22 heavy (non-hydrogen) atoms. The van der Waals surface area contributed by atoms with Crippen LogP contribution in [0.2, 0.25) is 0 Å². The molecule has 1 aromatic rings. The van der Waals surface area contributed by atoms with Crippen LogP contribution in [0.5, 0.6) is 5.75 Å². The molecule has 0 bridgehead atoms. The highest BCUT2D eigenvalue weighted by Gasteiger charge is 2.31. The van der Waals surface area contributed by atoms with Crippen molar-refractivity contribution < 1.29 is 18.3 Å². The van der Waals surface area contributed by atoms with E-state index in [0.717, 1.165) is 18.7 Å². The van der Waals surface area contributed by atoms with Gasteiger partial charge in [-0.05, 0) is 32.9 Å². The topological polar surface area (TPSA) is 41.6 Å². The van der Waals surface area contributed by atoms with E-state index in [1.807, 2.05) is 13.8 Å². The molecular formula is C15H21ClF2N2O2. The van der Waals surface area contributed by atoms with Gasteiger partial charge in [0, 0.05) is 31.2 Å². The second kappa shape index (κ2) is 7.74. The summed E-state index contributed by atoms with van der Waals surface area (Å²) in [5.41, 5.74) is 0. The van der Waals surface area contributed by atoms with Crippen molar-refractivity contribution in [2.75, 3.05) is 13.1 Å². The van der Waals surface area contributed by atoms with Crippen molar-refractivity contribution >= 4 is 18.3 Å². The van der Waals surface area contributed by atoms with Crippen LogP contribution in [0.1, 0.15) is 20.8 Å². The molecule has 1 amide bonds. The number of piperazine rings is 1. The van der Waals surface area contributed by atoms with E-state index in [0.29, 0.717) is 6.54 Å². The highest BCUT2D eigenvalue weighted by atomic mass is 35.5. The normalized spacial score (nSPS) is 22.7. The molecule has 1 saturated heterocycles. The van der Waals surface area contributed by atoms with Gasteiger partial charge in [0.15, 0.2) is 17.7 Å². The molecule has 0 spiro atoms. The van der Waals surface area contributed by atoms with E-state index in [1.54, 1.807) is 11.8 Å². The van der Waals surface area contributed by atoms with Gasteiger partial charge in [-0.2, -0.15) is 0 Å². The lowest BCUT2D eigenvalue weighted by atomic mass is 10.1. The Morgan fingerprint density at radius 1 is 1.36 bits per heavy atom. The van der Waals surface area contributed by atoms with Crippen LogP contribution in [0.4, 0.5) is 8.78 Å². The van der Waals surface area contributed by atoms with Gasteiger partial charge in [0.05, 0.1) is 0 Å². The predicted molar refractivity (Wildman–Crippen MR) is 82.3 cm³/mol. The fourth-order valence-electron chi connectivity index (χ4n) is 2.41. The van der Waals surface area contributed by atoms with Crippen molar-refractivity contribution in [3.63, 3.8) is 0 Å². The van der Waals surface area contributed by atoms with Crippen molar-refractivity contribution in [2.45, 2.75) is 39.0 Å². The first-order valence-electron chi connectivity index (χ1n) is 7.05. The van der Waals surface area contributed by atoms with Gasteiger partial charge in [0.1, 0.15) is 5.75 Å². The number of benzene rings is 1. The van der Waals surface area contributed by atoms with Gasteiger partial charge < -0.3 is 15.0 Å². The number of amides is 1. The van der Waals surface area contributed by atoms with Crippen LogP contribution in [-0.2, 0) is 4.79 Å². The molecule has 124 valence electrons. The standard InChI is InChI=1S/C15H20F2N2O2.ClH/c1-9-10(2)19(7-6-18-9)15(20)11(3)21-12-4-5-13(16)14(17)8-12;/h4-5,8-11,18H,6-7H2,1-3H3;1H. The first-order chi connectivity index (χ1) is 9.90. The Bertz CT molecular complexity index is 530. The van der Waals surface area contributed by atoms with E-state index >= 15 is 0 Å². The lowest BCUT2D eigenvalue weighted by Crippen LogP contribution is -2.59. The van der Waals surface area contributed by atoms with E-state index in [1.165, 1.54) is 6.07 Å². The number of hydrogen-bond acceptors (Lipinski definition) is 3. The van der Waals surface area contributed by atoms with E-state index in [-0.39, 0.29) is 36.1 Å². The van der Waals surface area contributed by atoms with Crippen LogP contribution in [0.25, 0.3) is 0 Å². The minimum Gasteiger partial charge on any atom is -0.481 e. The average molecular weight is 335 g/mol. The van der Waals surface area contributed by atoms with Crippen LogP contribution in [0, 0.1) is 11.6 Å². The SMILES string of the molecule is CC(Oc1ccc(F)c(F)c1)C(=O)N1CCNC(C)C1C.Cl. The van der Waals surface area contributed by atoms with Crippen molar-refractivity contribution in [3.8, 4) is 5.75 Å². The zero-order valence-electron chi connectivity index (χ0n) is 12.8. The van der Waals surface area contributed by atoms with Gasteiger partial charge in [0.25, 0.3) is 5.91 Å². The summed E-state index contributed by atoms with van der Waals surface area (Å²) in [6.07, 6.45) is -0.748. The number of nitrogens with one attached hydrogen (secondary N) is 1. The maximum atomic E-state index is 13.1. The Hall–Kier alpha value is -1.40. The van der Waals surface area contributed by atoms with Gasteiger partial charge in [-0.15, -0.1) is 12.4 Å². The first-order valence-corrected chi connectivity index (χ1v) is 7.05. The Morgan fingerprint density at radius 2 is 2.05 bits per heavy atom. The van der Waals surface area contributed by atoms with E-state index < -0.39 is 17.7 Å². The summed E-state index contributed by atoms with van der Waals surface area (Å²) in [5.74, 6) is -1.94. The molecule has 1 N–H and O–H groups in total. The predicted octanol–water partition coefficient (Wildman–Crippen LogP) is 2.36. The van der Waals surface area contributed by atoms with Crippen molar-refractivity contribution in [2.24, 2.45) is 0 Å². The van der Waals surface area contributed by atoms with Crippen LogP contribution >= 0.6 is 12.4 Å². The molecule has 7 heteroatoms. The van der Waals surface area contributed by atoms with Crippen LogP contribution in [0.3, 0.4) is 0 Å². The van der Waals surface area contributed by atoms with E-state index in [4.69, 9.17) is 4.74 Å². The summed E-state index contributed by atoms with van der Waals surface area (Å²) in [5, 5.41) is 3.29. The molecule has 0 aromatic heterocycles. The maximum Gasteiger partial charge on any atom is 0.263 e. The van der Waals surface area contributed by atoms with E-state index in [2.05, 4.69) is 5.32 Å². The molecule has 4 nitrogen and oxygen atoms in total. The second-order valence-corrected chi connectivity index (χ2v) is 5.35. The number of carbonyl (C=O) groups is 1. The summed E-state index contributed by atoms with van der Waals surface area (Å²) in [6.45, 7) is 6.94. The molecule has 1 aliphatic rings. The van der Waals surface area contributed by atoms with Gasteiger partial charge in [-0.1, -0.05) is 0 Å². The summed E-state index contributed by atoms with van der Waals surface area (Å²) in [6, 6.07) is 3.51. The molecule has 1 aliphatic heterocycles. The van der Waals surface area contributed by atoms with Crippen LogP contribution in [-0.4, -0.2) is 42.1 Å². The molecule has 1 fully saturated rings. The minimum absolute atomic E-state index is 0. The molecule has 0 radical (unpaired) electrons. The highest BCUT2D eigenvalue weighted by molar-refractivity contribution is 5.85. The van der Waals surface area contributed by atoms with Gasteiger partial charge in [0.2, 0.25) is 0 Å². The largest absolute Gasteiger partial charge is 0.481 e. The summed E-state index contributed by atoms with van der Waals surface area (Å²) in [7, 11) is 0. The number of ether oxygens (including phenoxy) is 1. The first kappa shape index (κ1) is 18.6. The third-order valence-electron chi connectivity index (χ3n) is 3.87. The number of rotatable bonds is 3. The zero-order valence-corrected chi connectivity index (χ0v) is 13.6. The van der Waals surface area contributed by atoms with Gasteiger partial charge in [-0.3, -0.25) is 4.79 Å². The molecule has 3 unspecified atom stereocenters. The van der Waals surface area contributed by atoms with Crippen LogP contribution in [0.15, 0.2) is 18.2 Å². The zero-order chi connectivity index (χ0) is 15.6. The van der Waals surface area contributed by atoms with E-state index in [9.17, 15) is 13.6 Å². The number of halogens is 3. The number of nitrogens with zero attached hydrogens (tertiary/aromatic N) is 1. The molecule has 0 aliphatic carbocycles. The summed E-state index contributed by atoms with van der Waals surface area (Å²) < 4.78 is 31.4. The summed E-state index contributed by atoms with van der Waals surface area (Å²) >= 11 is 0. The fourth-order valence-corrected chi connectivity index (χ4v) is 2.41.